The fourth-order valence-corrected chi connectivity index (χ4v) is 5.64. The Balaban J connectivity index is 1.58. The maximum Gasteiger partial charge on any atom is 0.328 e. The molecule has 3 heterocycles. The van der Waals surface area contributed by atoms with Gasteiger partial charge in [-0.25, -0.2) is 4.79 Å². The minimum Gasteiger partial charge on any atom is -0.300 e. The predicted molar refractivity (Wildman–Crippen MR) is 141 cm³/mol. The lowest BCUT2D eigenvalue weighted by molar-refractivity contribution is -0.128. The predicted octanol–water partition coefficient (Wildman–Crippen LogP) is 4.46. The standard InChI is InChI=1S/C28H33N7O2/c1-4-6-9-21-17-35(26-19(5-2)14-25(26)18(3)36)28(37)34(21)16-20-15-29-13-12-22(20)23-10-7-8-11-24(23)27-30-32-33-31-27/h7-8,10-13,15,17,19,25-26H,4-6,9,14,16H2,1-3H3,(H,30,31,32,33). The minimum atomic E-state index is -0.0895. The number of benzene rings is 1. The summed E-state index contributed by atoms with van der Waals surface area (Å²) < 4.78 is 3.72. The van der Waals surface area contributed by atoms with Gasteiger partial charge in [-0.05, 0) is 60.1 Å². The molecule has 0 bridgehead atoms. The summed E-state index contributed by atoms with van der Waals surface area (Å²) in [6.45, 7) is 6.32. The molecule has 0 radical (unpaired) electrons. The number of nitrogens with one attached hydrogen (secondary N) is 1. The highest BCUT2D eigenvalue weighted by atomic mass is 16.2. The van der Waals surface area contributed by atoms with Crippen molar-refractivity contribution in [2.24, 2.45) is 11.8 Å². The van der Waals surface area contributed by atoms with Crippen LogP contribution in [0.4, 0.5) is 0 Å². The SMILES string of the molecule is CCCCc1cn(C2C(CC)CC2C(C)=O)c(=O)n1Cc1cnccc1-c1ccccc1-c1nn[nH]n1. The summed E-state index contributed by atoms with van der Waals surface area (Å²) in [6.07, 6.45) is 10.2. The van der Waals surface area contributed by atoms with Crippen LogP contribution in [0.1, 0.15) is 63.8 Å². The first kappa shape index (κ1) is 24.8. The Bertz CT molecular complexity index is 1440. The topological polar surface area (TPSA) is 111 Å². The third-order valence-corrected chi connectivity index (χ3v) is 7.73. The van der Waals surface area contributed by atoms with E-state index in [1.807, 2.05) is 51.9 Å². The average Bonchev–Trinajstić information content (AvgIpc) is 3.52. The van der Waals surface area contributed by atoms with Crippen molar-refractivity contribution in [3.63, 3.8) is 0 Å². The van der Waals surface area contributed by atoms with Gasteiger partial charge >= 0.3 is 5.69 Å². The first-order valence-corrected chi connectivity index (χ1v) is 13.1. The van der Waals surface area contributed by atoms with E-state index in [-0.39, 0.29) is 23.4 Å². The molecular weight excluding hydrogens is 466 g/mol. The molecular formula is C28H33N7O2. The molecule has 192 valence electrons. The van der Waals surface area contributed by atoms with Gasteiger partial charge in [0.25, 0.3) is 0 Å². The van der Waals surface area contributed by atoms with Gasteiger partial charge in [-0.3, -0.25) is 18.9 Å². The monoisotopic (exact) mass is 499 g/mol. The van der Waals surface area contributed by atoms with Crippen molar-refractivity contribution in [1.82, 2.24) is 34.7 Å². The molecule has 1 N–H and O–H groups in total. The van der Waals surface area contributed by atoms with Crippen LogP contribution < -0.4 is 5.69 Å². The maximum absolute atomic E-state index is 13.9. The molecule has 0 aliphatic heterocycles. The number of H-pyrrole nitrogens is 1. The number of ketones is 1. The number of carbonyl (C=O) groups excluding carboxylic acids is 1. The summed E-state index contributed by atoms with van der Waals surface area (Å²) in [5.41, 5.74) is 4.64. The van der Waals surface area contributed by atoms with Crippen LogP contribution in [0.25, 0.3) is 22.5 Å². The first-order valence-electron chi connectivity index (χ1n) is 13.1. The Hall–Kier alpha value is -3.88. The Morgan fingerprint density at radius 3 is 2.65 bits per heavy atom. The molecule has 1 aliphatic rings. The second-order valence-electron chi connectivity index (χ2n) is 9.93. The number of Topliss-reactive ketones (excluding diaryl/α,β-unsaturated/α-hetero) is 1. The van der Waals surface area contributed by atoms with Crippen molar-refractivity contribution in [3.05, 3.63) is 70.7 Å². The van der Waals surface area contributed by atoms with Gasteiger partial charge in [-0.2, -0.15) is 5.21 Å². The molecule has 1 fully saturated rings. The van der Waals surface area contributed by atoms with Crippen LogP contribution in [0.3, 0.4) is 0 Å². The lowest BCUT2D eigenvalue weighted by Crippen LogP contribution is -2.45. The van der Waals surface area contributed by atoms with Gasteiger partial charge in [0, 0.05) is 35.8 Å². The molecule has 0 saturated heterocycles. The van der Waals surface area contributed by atoms with Gasteiger partial charge in [-0.1, -0.05) is 51.0 Å². The van der Waals surface area contributed by atoms with Crippen LogP contribution >= 0.6 is 0 Å². The second kappa shape index (κ2) is 10.6. The minimum absolute atomic E-state index is 0.0539. The second-order valence-corrected chi connectivity index (χ2v) is 9.93. The zero-order valence-electron chi connectivity index (χ0n) is 21.6. The van der Waals surface area contributed by atoms with Crippen molar-refractivity contribution >= 4 is 5.78 Å². The highest BCUT2D eigenvalue weighted by Crippen LogP contribution is 2.46. The normalized spacial score (nSPS) is 19.1. The maximum atomic E-state index is 13.9. The lowest BCUT2D eigenvalue weighted by Gasteiger charge is -2.43. The number of unbranched alkanes of at least 4 members (excludes halogenated alkanes) is 1. The summed E-state index contributed by atoms with van der Waals surface area (Å²) in [5, 5.41) is 14.6. The van der Waals surface area contributed by atoms with Gasteiger partial charge in [0.2, 0.25) is 5.82 Å². The number of hydrogen-bond donors (Lipinski definition) is 1. The molecule has 1 aliphatic carbocycles. The third kappa shape index (κ3) is 4.65. The number of carbonyl (C=O) groups is 1. The van der Waals surface area contributed by atoms with E-state index in [1.165, 1.54) is 0 Å². The van der Waals surface area contributed by atoms with Crippen molar-refractivity contribution in [1.29, 1.82) is 0 Å². The number of aryl methyl sites for hydroxylation is 1. The number of nitrogens with zero attached hydrogens (tertiary/aromatic N) is 6. The zero-order chi connectivity index (χ0) is 25.9. The summed E-state index contributed by atoms with van der Waals surface area (Å²) in [4.78, 5) is 30.6. The fourth-order valence-electron chi connectivity index (χ4n) is 5.64. The first-order chi connectivity index (χ1) is 18.0. The lowest BCUT2D eigenvalue weighted by atomic mass is 9.67. The Kier molecular flexibility index (Phi) is 7.12. The van der Waals surface area contributed by atoms with E-state index >= 15 is 0 Å². The molecule has 4 aromatic rings. The molecule has 3 aromatic heterocycles. The van der Waals surface area contributed by atoms with E-state index in [0.29, 0.717) is 18.3 Å². The molecule has 3 unspecified atom stereocenters. The molecule has 3 atom stereocenters. The van der Waals surface area contributed by atoms with E-state index in [4.69, 9.17) is 0 Å². The molecule has 9 nitrogen and oxygen atoms in total. The van der Waals surface area contributed by atoms with E-state index < -0.39 is 0 Å². The number of imidazole rings is 1. The molecule has 0 amide bonds. The van der Waals surface area contributed by atoms with Crippen LogP contribution in [0.5, 0.6) is 0 Å². The van der Waals surface area contributed by atoms with Crippen LogP contribution in [0.2, 0.25) is 0 Å². The van der Waals surface area contributed by atoms with E-state index in [9.17, 15) is 9.59 Å². The Morgan fingerprint density at radius 1 is 1.14 bits per heavy atom. The van der Waals surface area contributed by atoms with E-state index in [2.05, 4.69) is 39.5 Å². The number of aromatic amines is 1. The number of aromatic nitrogens is 7. The van der Waals surface area contributed by atoms with Crippen LogP contribution in [0, 0.1) is 11.8 Å². The smallest absolute Gasteiger partial charge is 0.300 e. The molecule has 37 heavy (non-hydrogen) atoms. The summed E-state index contributed by atoms with van der Waals surface area (Å²) in [7, 11) is 0. The quantitative estimate of drug-likeness (QED) is 0.345. The number of rotatable bonds is 10. The number of tetrazole rings is 1. The Morgan fingerprint density at radius 2 is 1.95 bits per heavy atom. The molecule has 9 heteroatoms. The number of pyridine rings is 1. The summed E-state index contributed by atoms with van der Waals surface area (Å²) in [5.74, 6) is 0.929. The molecule has 0 spiro atoms. The fraction of sp³-hybridized carbons (Fsp3) is 0.429. The van der Waals surface area contributed by atoms with Gasteiger partial charge in [0.15, 0.2) is 0 Å². The van der Waals surface area contributed by atoms with Gasteiger partial charge in [0.1, 0.15) is 5.78 Å². The average molecular weight is 500 g/mol. The molecule has 5 rings (SSSR count). The van der Waals surface area contributed by atoms with Gasteiger partial charge in [-0.15, -0.1) is 10.2 Å². The summed E-state index contributed by atoms with van der Waals surface area (Å²) in [6, 6.07) is 9.80. The van der Waals surface area contributed by atoms with E-state index in [0.717, 1.165) is 60.1 Å². The van der Waals surface area contributed by atoms with Crippen molar-refractivity contribution in [3.8, 4) is 22.5 Å². The number of hydrogen-bond acceptors (Lipinski definition) is 6. The largest absolute Gasteiger partial charge is 0.328 e. The van der Waals surface area contributed by atoms with Gasteiger partial charge in [0.05, 0.1) is 12.6 Å². The van der Waals surface area contributed by atoms with Crippen LogP contribution in [-0.4, -0.2) is 40.5 Å². The highest BCUT2D eigenvalue weighted by molar-refractivity contribution is 5.82. The van der Waals surface area contributed by atoms with Crippen LogP contribution in [0.15, 0.2) is 53.7 Å². The Labute approximate surface area is 216 Å². The zero-order valence-corrected chi connectivity index (χ0v) is 21.6. The van der Waals surface area contributed by atoms with Crippen LogP contribution in [-0.2, 0) is 17.8 Å². The highest BCUT2D eigenvalue weighted by Gasteiger charge is 2.44. The van der Waals surface area contributed by atoms with Gasteiger partial charge < -0.3 is 0 Å². The summed E-state index contributed by atoms with van der Waals surface area (Å²) >= 11 is 0. The van der Waals surface area contributed by atoms with Crippen molar-refractivity contribution in [2.45, 2.75) is 65.5 Å². The van der Waals surface area contributed by atoms with E-state index in [1.54, 1.807) is 13.1 Å². The van der Waals surface area contributed by atoms with Crippen molar-refractivity contribution in [2.75, 3.05) is 0 Å². The molecule has 1 saturated carbocycles. The third-order valence-electron chi connectivity index (χ3n) is 7.73. The molecule has 1 aromatic carbocycles. The van der Waals surface area contributed by atoms with Crippen molar-refractivity contribution < 1.29 is 4.79 Å².